The zero-order valence-electron chi connectivity index (χ0n) is 18.0. The lowest BCUT2D eigenvalue weighted by atomic mass is 9.98. The van der Waals surface area contributed by atoms with Crippen molar-refractivity contribution in [2.45, 2.75) is 18.9 Å². The van der Waals surface area contributed by atoms with Crippen LogP contribution in [-0.4, -0.2) is 33.2 Å². The molecular formula is C26H28N2O3. The highest BCUT2D eigenvalue weighted by molar-refractivity contribution is 5.96. The van der Waals surface area contributed by atoms with Crippen molar-refractivity contribution in [3.05, 3.63) is 89.5 Å². The van der Waals surface area contributed by atoms with E-state index in [4.69, 9.17) is 9.47 Å². The van der Waals surface area contributed by atoms with Crippen LogP contribution in [0.1, 0.15) is 22.7 Å². The van der Waals surface area contributed by atoms with E-state index < -0.39 is 0 Å². The van der Waals surface area contributed by atoms with Crippen LogP contribution in [0.5, 0.6) is 11.5 Å². The molecular weight excluding hydrogens is 388 g/mol. The molecule has 0 spiro atoms. The van der Waals surface area contributed by atoms with Crippen molar-refractivity contribution in [2.75, 3.05) is 32.2 Å². The predicted molar refractivity (Wildman–Crippen MR) is 123 cm³/mol. The first-order chi connectivity index (χ1) is 15.2. The molecule has 1 aliphatic heterocycles. The van der Waals surface area contributed by atoms with Crippen molar-refractivity contribution >= 4 is 11.6 Å². The van der Waals surface area contributed by atoms with Crippen LogP contribution in [0, 0.1) is 0 Å². The molecule has 3 aromatic carbocycles. The minimum Gasteiger partial charge on any atom is -0.497 e. The highest BCUT2D eigenvalue weighted by Gasteiger charge is 2.24. The van der Waals surface area contributed by atoms with E-state index in [0.29, 0.717) is 0 Å². The molecule has 1 aliphatic rings. The third-order valence-corrected chi connectivity index (χ3v) is 5.80. The van der Waals surface area contributed by atoms with E-state index >= 15 is 0 Å². The van der Waals surface area contributed by atoms with Gasteiger partial charge in [-0.3, -0.25) is 4.79 Å². The Morgan fingerprint density at radius 3 is 2.26 bits per heavy atom. The maximum atomic E-state index is 13.0. The Hall–Kier alpha value is -3.31. The third kappa shape index (κ3) is 4.89. The second-order valence-electron chi connectivity index (χ2n) is 7.68. The van der Waals surface area contributed by atoms with Crippen molar-refractivity contribution in [3.8, 4) is 11.5 Å². The summed E-state index contributed by atoms with van der Waals surface area (Å²) in [6.45, 7) is 1.02. The molecule has 1 unspecified atom stereocenters. The molecule has 0 aliphatic carbocycles. The summed E-state index contributed by atoms with van der Waals surface area (Å²) in [5.74, 6) is 1.75. The van der Waals surface area contributed by atoms with Crippen molar-refractivity contribution in [1.29, 1.82) is 0 Å². The summed E-state index contributed by atoms with van der Waals surface area (Å²) in [5.41, 5.74) is 4.56. The topological polar surface area (TPSA) is 50.8 Å². The maximum absolute atomic E-state index is 13.0. The average molecular weight is 417 g/mol. The van der Waals surface area contributed by atoms with E-state index in [0.717, 1.165) is 42.1 Å². The van der Waals surface area contributed by atoms with Gasteiger partial charge in [0.1, 0.15) is 11.5 Å². The number of methoxy groups -OCH3 is 2. The van der Waals surface area contributed by atoms with Gasteiger partial charge in [-0.1, -0.05) is 42.5 Å². The number of amides is 1. The highest BCUT2D eigenvalue weighted by Crippen LogP contribution is 2.28. The molecule has 4 rings (SSSR count). The van der Waals surface area contributed by atoms with Crippen LogP contribution in [0.25, 0.3) is 0 Å². The predicted octanol–water partition coefficient (Wildman–Crippen LogP) is 4.17. The van der Waals surface area contributed by atoms with Gasteiger partial charge in [0.2, 0.25) is 5.91 Å². The monoisotopic (exact) mass is 416 g/mol. The number of benzene rings is 3. The minimum absolute atomic E-state index is 0.00102. The van der Waals surface area contributed by atoms with Gasteiger partial charge >= 0.3 is 0 Å². The van der Waals surface area contributed by atoms with Gasteiger partial charge in [0.05, 0.1) is 20.8 Å². The van der Waals surface area contributed by atoms with Gasteiger partial charge in [0.15, 0.2) is 0 Å². The fourth-order valence-corrected chi connectivity index (χ4v) is 4.04. The van der Waals surface area contributed by atoms with E-state index in [1.807, 2.05) is 47.4 Å². The summed E-state index contributed by atoms with van der Waals surface area (Å²) in [6, 6.07) is 24.2. The Labute approximate surface area is 183 Å². The lowest BCUT2D eigenvalue weighted by molar-refractivity contribution is -0.117. The summed E-state index contributed by atoms with van der Waals surface area (Å²) in [4.78, 5) is 14.9. The number of rotatable bonds is 8. The van der Waals surface area contributed by atoms with Crippen molar-refractivity contribution in [1.82, 2.24) is 5.32 Å². The molecule has 5 heteroatoms. The van der Waals surface area contributed by atoms with Gasteiger partial charge < -0.3 is 19.7 Å². The lowest BCUT2D eigenvalue weighted by Crippen LogP contribution is -2.39. The number of para-hydroxylation sites is 1. The molecule has 1 heterocycles. The molecule has 0 saturated heterocycles. The Morgan fingerprint density at radius 1 is 0.935 bits per heavy atom. The fourth-order valence-electron chi connectivity index (χ4n) is 4.04. The largest absolute Gasteiger partial charge is 0.497 e. The summed E-state index contributed by atoms with van der Waals surface area (Å²) in [5, 5.41) is 3.49. The summed E-state index contributed by atoms with van der Waals surface area (Å²) in [6.07, 6.45) is 1.68. The minimum atomic E-state index is 0.00102. The molecule has 0 saturated carbocycles. The van der Waals surface area contributed by atoms with Gasteiger partial charge in [0.25, 0.3) is 0 Å². The molecule has 160 valence electrons. The highest BCUT2D eigenvalue weighted by atomic mass is 16.5. The number of hydrogen-bond acceptors (Lipinski definition) is 4. The molecule has 0 radical (unpaired) electrons. The van der Waals surface area contributed by atoms with Crippen molar-refractivity contribution < 1.29 is 14.3 Å². The maximum Gasteiger partial charge on any atom is 0.240 e. The summed E-state index contributed by atoms with van der Waals surface area (Å²) < 4.78 is 10.6. The SMILES string of the molecule is COc1ccc(CC(NCC(=O)N2CCc3ccccc32)c2ccc(OC)cc2)cc1. The first-order valence-electron chi connectivity index (χ1n) is 10.6. The first-order valence-corrected chi connectivity index (χ1v) is 10.6. The van der Waals surface area contributed by atoms with Crippen LogP contribution < -0.4 is 19.7 Å². The number of nitrogens with one attached hydrogen (secondary N) is 1. The van der Waals surface area contributed by atoms with Gasteiger partial charge in [-0.25, -0.2) is 0 Å². The summed E-state index contributed by atoms with van der Waals surface area (Å²) >= 11 is 0. The number of hydrogen-bond donors (Lipinski definition) is 1. The molecule has 1 amide bonds. The Bertz CT molecular complexity index is 1020. The molecule has 1 atom stereocenters. The van der Waals surface area contributed by atoms with Crippen LogP contribution in [0.15, 0.2) is 72.8 Å². The Balaban J connectivity index is 1.49. The zero-order chi connectivity index (χ0) is 21.6. The number of anilines is 1. The van der Waals surface area contributed by atoms with E-state index in [9.17, 15) is 4.79 Å². The van der Waals surface area contributed by atoms with Crippen LogP contribution in [0.3, 0.4) is 0 Å². The lowest BCUT2D eigenvalue weighted by Gasteiger charge is -2.23. The number of carbonyl (C=O) groups excluding carboxylic acids is 1. The second-order valence-corrected chi connectivity index (χ2v) is 7.68. The third-order valence-electron chi connectivity index (χ3n) is 5.80. The number of ether oxygens (including phenoxy) is 2. The van der Waals surface area contributed by atoms with Gasteiger partial charge in [-0.2, -0.15) is 0 Å². The second kappa shape index (κ2) is 9.67. The zero-order valence-corrected chi connectivity index (χ0v) is 18.0. The Morgan fingerprint density at radius 2 is 1.58 bits per heavy atom. The van der Waals surface area contributed by atoms with Crippen molar-refractivity contribution in [2.24, 2.45) is 0 Å². The average Bonchev–Trinajstić information content (AvgIpc) is 3.26. The fraction of sp³-hybridized carbons (Fsp3) is 0.269. The van der Waals surface area contributed by atoms with Crippen LogP contribution in [-0.2, 0) is 17.6 Å². The van der Waals surface area contributed by atoms with E-state index in [1.165, 1.54) is 11.1 Å². The van der Waals surface area contributed by atoms with Gasteiger partial charge in [-0.15, -0.1) is 0 Å². The van der Waals surface area contributed by atoms with E-state index in [-0.39, 0.29) is 18.5 Å². The number of carbonyl (C=O) groups is 1. The first kappa shape index (κ1) is 20.9. The smallest absolute Gasteiger partial charge is 0.240 e. The standard InChI is InChI=1S/C26H28N2O3/c1-30-22-11-7-19(8-12-22)17-24(20-9-13-23(31-2)14-10-20)27-18-26(29)28-16-15-21-5-3-4-6-25(21)28/h3-14,24,27H,15-18H2,1-2H3. The molecule has 5 nitrogen and oxygen atoms in total. The van der Waals surface area contributed by atoms with E-state index in [1.54, 1.807) is 14.2 Å². The van der Waals surface area contributed by atoms with Crippen LogP contribution in [0.2, 0.25) is 0 Å². The quantitative estimate of drug-likeness (QED) is 0.599. The van der Waals surface area contributed by atoms with Gasteiger partial charge in [-0.05, 0) is 59.9 Å². The van der Waals surface area contributed by atoms with Gasteiger partial charge in [0, 0.05) is 18.3 Å². The van der Waals surface area contributed by atoms with E-state index in [2.05, 4.69) is 35.6 Å². The molecule has 0 aromatic heterocycles. The molecule has 0 bridgehead atoms. The molecule has 0 fully saturated rings. The number of nitrogens with zero attached hydrogens (tertiary/aromatic N) is 1. The molecule has 31 heavy (non-hydrogen) atoms. The number of fused-ring (bicyclic) bond motifs is 1. The van der Waals surface area contributed by atoms with Crippen LogP contribution in [0.4, 0.5) is 5.69 Å². The normalized spacial score (nSPS) is 13.5. The van der Waals surface area contributed by atoms with Crippen molar-refractivity contribution in [3.63, 3.8) is 0 Å². The Kier molecular flexibility index (Phi) is 6.53. The van der Waals surface area contributed by atoms with Crippen LogP contribution >= 0.6 is 0 Å². The molecule has 3 aromatic rings. The summed E-state index contributed by atoms with van der Waals surface area (Å²) in [7, 11) is 3.33. The molecule has 1 N–H and O–H groups in total.